The van der Waals surface area contributed by atoms with Crippen molar-refractivity contribution in [2.45, 2.75) is 0 Å². The van der Waals surface area contributed by atoms with E-state index in [2.05, 4.69) is 10.6 Å². The predicted molar refractivity (Wildman–Crippen MR) is 22.6 cm³/mol. The lowest BCUT2D eigenvalue weighted by atomic mass is 11.2. The van der Waals surface area contributed by atoms with Crippen molar-refractivity contribution in [1.82, 2.24) is 5.43 Å². The van der Waals surface area contributed by atoms with Gasteiger partial charge in [0.25, 0.3) is 0 Å². The molecule has 0 aromatic carbocycles. The third-order valence-electron chi connectivity index (χ3n) is 0.284. The van der Waals surface area contributed by atoms with Gasteiger partial charge in [-0.1, -0.05) is 0 Å². The Labute approximate surface area is 39.9 Å². The fourth-order valence-corrected chi connectivity index (χ4v) is 0.0875. The molecule has 0 aromatic rings. The van der Waals surface area contributed by atoms with Crippen LogP contribution < -0.4 is 11.3 Å². The van der Waals surface area contributed by atoms with E-state index in [1.54, 1.807) is 5.43 Å². The van der Waals surface area contributed by atoms with Crippen molar-refractivity contribution >= 4 is 12.5 Å². The third kappa shape index (κ3) is 2.71. The lowest BCUT2D eigenvalue weighted by molar-refractivity contribution is 0.200. The Hall–Kier alpha value is -1.10. The van der Waals surface area contributed by atoms with Crippen LogP contribution in [0.1, 0.15) is 0 Å². The first-order valence-electron chi connectivity index (χ1n) is 1.47. The standard InChI is InChI=1S/C2H5N3O2/c3-1-7-2(6)5-4/h1,3H,4H2,(H,5,6). The van der Waals surface area contributed by atoms with E-state index in [1.165, 1.54) is 0 Å². The molecule has 0 heterocycles. The van der Waals surface area contributed by atoms with E-state index in [1.807, 2.05) is 0 Å². The van der Waals surface area contributed by atoms with Crippen LogP contribution in [0, 0.1) is 5.41 Å². The third-order valence-corrected chi connectivity index (χ3v) is 0.284. The van der Waals surface area contributed by atoms with Gasteiger partial charge >= 0.3 is 6.09 Å². The van der Waals surface area contributed by atoms with Gasteiger partial charge in [0.15, 0.2) is 6.40 Å². The highest BCUT2D eigenvalue weighted by Gasteiger charge is 1.89. The predicted octanol–water partition coefficient (Wildman–Crippen LogP) is -0.807. The van der Waals surface area contributed by atoms with Gasteiger partial charge in [-0.3, -0.25) is 10.8 Å². The Kier molecular flexibility index (Phi) is 2.62. The number of hydrazine groups is 1. The lowest BCUT2D eigenvalue weighted by Gasteiger charge is -1.90. The van der Waals surface area contributed by atoms with E-state index in [9.17, 15) is 4.79 Å². The first kappa shape index (κ1) is 5.90. The maximum Gasteiger partial charge on any atom is 0.427 e. The molecule has 40 valence electrons. The summed E-state index contributed by atoms with van der Waals surface area (Å²) in [5.74, 6) is 4.53. The minimum atomic E-state index is -0.838. The Morgan fingerprint density at radius 1 is 2.00 bits per heavy atom. The molecule has 0 aliphatic rings. The van der Waals surface area contributed by atoms with Crippen LogP contribution in [0.25, 0.3) is 0 Å². The summed E-state index contributed by atoms with van der Waals surface area (Å²) in [5, 5.41) is 6.17. The fraction of sp³-hybridized carbons (Fsp3) is 0. The van der Waals surface area contributed by atoms with Crippen molar-refractivity contribution in [1.29, 1.82) is 5.41 Å². The number of hydrogen-bond acceptors (Lipinski definition) is 4. The molecule has 0 unspecified atom stereocenters. The molecule has 0 rings (SSSR count). The molecule has 0 saturated heterocycles. The number of amides is 1. The smallest absolute Gasteiger partial charge is 0.398 e. The summed E-state index contributed by atoms with van der Waals surface area (Å²) in [6, 6.07) is 0. The molecule has 0 atom stereocenters. The zero-order chi connectivity index (χ0) is 5.70. The quantitative estimate of drug-likeness (QED) is 0.133. The van der Waals surface area contributed by atoms with Gasteiger partial charge in [-0.15, -0.1) is 0 Å². The maximum absolute atomic E-state index is 9.80. The number of nitrogens with one attached hydrogen (secondary N) is 2. The zero-order valence-electron chi connectivity index (χ0n) is 3.47. The lowest BCUT2D eigenvalue weighted by Crippen LogP contribution is -2.30. The van der Waals surface area contributed by atoms with E-state index >= 15 is 0 Å². The topological polar surface area (TPSA) is 88.2 Å². The second-order valence-corrected chi connectivity index (χ2v) is 0.667. The van der Waals surface area contributed by atoms with E-state index in [4.69, 9.17) is 5.41 Å². The average molecular weight is 103 g/mol. The number of hydrogen-bond donors (Lipinski definition) is 3. The van der Waals surface area contributed by atoms with Gasteiger partial charge in [0.05, 0.1) is 0 Å². The van der Waals surface area contributed by atoms with Crippen LogP contribution in [-0.4, -0.2) is 12.5 Å². The second kappa shape index (κ2) is 3.10. The van der Waals surface area contributed by atoms with E-state index in [0.717, 1.165) is 0 Å². The average Bonchev–Trinajstić information content (AvgIpc) is 1.68. The van der Waals surface area contributed by atoms with Crippen LogP contribution in [0.3, 0.4) is 0 Å². The molecule has 5 nitrogen and oxygen atoms in total. The molecule has 0 radical (unpaired) electrons. The van der Waals surface area contributed by atoms with Gasteiger partial charge in [0.1, 0.15) is 0 Å². The van der Waals surface area contributed by atoms with Gasteiger partial charge in [0.2, 0.25) is 0 Å². The van der Waals surface area contributed by atoms with Gasteiger partial charge in [-0.2, -0.15) is 0 Å². The number of rotatable bonds is 1. The molecule has 0 fully saturated rings. The number of ether oxygens (including phenoxy) is 1. The molecule has 5 heteroatoms. The van der Waals surface area contributed by atoms with Crippen molar-refractivity contribution in [3.05, 3.63) is 0 Å². The van der Waals surface area contributed by atoms with Crippen molar-refractivity contribution < 1.29 is 9.53 Å². The van der Waals surface area contributed by atoms with Gasteiger partial charge in [0, 0.05) is 0 Å². The Morgan fingerprint density at radius 3 is 2.71 bits per heavy atom. The van der Waals surface area contributed by atoms with E-state index < -0.39 is 6.09 Å². The summed E-state index contributed by atoms with van der Waals surface area (Å²) >= 11 is 0. The Bertz CT molecular complexity index is 81.0. The molecule has 0 saturated carbocycles. The summed E-state index contributed by atoms with van der Waals surface area (Å²) < 4.78 is 3.86. The number of nitrogens with two attached hydrogens (primary N) is 1. The Morgan fingerprint density at radius 2 is 2.57 bits per heavy atom. The number of carbonyl (C=O) groups excluding carboxylic acids is 1. The van der Waals surface area contributed by atoms with Crippen molar-refractivity contribution in [3.63, 3.8) is 0 Å². The summed E-state index contributed by atoms with van der Waals surface area (Å²) in [5.41, 5.74) is 1.65. The molecule has 7 heavy (non-hydrogen) atoms. The molecule has 0 aliphatic carbocycles. The molecule has 1 amide bonds. The molecular weight excluding hydrogens is 98.0 g/mol. The second-order valence-electron chi connectivity index (χ2n) is 0.667. The van der Waals surface area contributed by atoms with Crippen LogP contribution in [0.15, 0.2) is 0 Å². The molecule has 0 spiro atoms. The number of carbonyl (C=O) groups is 1. The normalized spacial score (nSPS) is 7.00. The van der Waals surface area contributed by atoms with E-state index in [-0.39, 0.29) is 0 Å². The molecular formula is C2H5N3O2. The summed E-state index contributed by atoms with van der Waals surface area (Å²) in [6.07, 6.45) is -0.350. The highest BCUT2D eigenvalue weighted by atomic mass is 16.5. The fourth-order valence-electron chi connectivity index (χ4n) is 0.0875. The van der Waals surface area contributed by atoms with Crippen LogP contribution in [0.2, 0.25) is 0 Å². The largest absolute Gasteiger partial charge is 0.427 e. The van der Waals surface area contributed by atoms with Crippen LogP contribution in [0.5, 0.6) is 0 Å². The van der Waals surface area contributed by atoms with Crippen LogP contribution >= 0.6 is 0 Å². The summed E-state index contributed by atoms with van der Waals surface area (Å²) in [4.78, 5) is 9.80. The molecule has 4 N–H and O–H groups in total. The summed E-state index contributed by atoms with van der Waals surface area (Å²) in [6.45, 7) is 0. The van der Waals surface area contributed by atoms with Crippen LogP contribution in [0.4, 0.5) is 4.79 Å². The maximum atomic E-state index is 9.80. The van der Waals surface area contributed by atoms with E-state index in [0.29, 0.717) is 6.40 Å². The van der Waals surface area contributed by atoms with Crippen molar-refractivity contribution in [2.24, 2.45) is 5.84 Å². The first-order chi connectivity index (χ1) is 3.31. The van der Waals surface area contributed by atoms with Crippen molar-refractivity contribution in [3.8, 4) is 0 Å². The minimum Gasteiger partial charge on any atom is -0.398 e. The Balaban J connectivity index is 3.17. The highest BCUT2D eigenvalue weighted by Crippen LogP contribution is 1.62. The SMILES string of the molecule is N=COC(=O)NN. The molecule has 0 aliphatic heterocycles. The summed E-state index contributed by atoms with van der Waals surface area (Å²) in [7, 11) is 0. The van der Waals surface area contributed by atoms with Gasteiger partial charge in [-0.25, -0.2) is 10.6 Å². The monoisotopic (exact) mass is 103 g/mol. The first-order valence-corrected chi connectivity index (χ1v) is 1.47. The van der Waals surface area contributed by atoms with Gasteiger partial charge in [-0.05, 0) is 0 Å². The van der Waals surface area contributed by atoms with Crippen LogP contribution in [-0.2, 0) is 4.74 Å². The minimum absolute atomic E-state index is 0.488. The molecule has 0 aromatic heterocycles. The molecule has 0 bridgehead atoms. The zero-order valence-corrected chi connectivity index (χ0v) is 3.47. The van der Waals surface area contributed by atoms with Crippen molar-refractivity contribution in [2.75, 3.05) is 0 Å². The highest BCUT2D eigenvalue weighted by molar-refractivity contribution is 5.74. The van der Waals surface area contributed by atoms with Gasteiger partial charge < -0.3 is 4.74 Å².